The van der Waals surface area contributed by atoms with E-state index in [1.54, 1.807) is 19.1 Å². The van der Waals surface area contributed by atoms with Crippen LogP contribution in [-0.2, 0) is 11.3 Å². The van der Waals surface area contributed by atoms with Gasteiger partial charge in [0.25, 0.3) is 0 Å². The van der Waals surface area contributed by atoms with Crippen LogP contribution in [0.25, 0.3) is 0 Å². The maximum absolute atomic E-state index is 12.4. The third kappa shape index (κ3) is 5.79. The number of amides is 1. The van der Waals surface area contributed by atoms with Crippen molar-refractivity contribution in [2.24, 2.45) is 0 Å². The molecule has 0 aromatic heterocycles. The number of nitrogens with zero attached hydrogens (tertiary/aromatic N) is 1. The molecule has 1 N–H and O–H groups in total. The third-order valence-electron chi connectivity index (χ3n) is 5.04. The van der Waals surface area contributed by atoms with Crippen LogP contribution >= 0.6 is 0 Å². The highest BCUT2D eigenvalue weighted by Gasteiger charge is 2.24. The smallest absolute Gasteiger partial charge is 0.410 e. The number of methoxy groups -OCH3 is 2. The van der Waals surface area contributed by atoms with Crippen LogP contribution in [0.15, 0.2) is 42.5 Å². The Hall–Kier alpha value is -2.93. The topological polar surface area (TPSA) is 69.3 Å². The summed E-state index contributed by atoms with van der Waals surface area (Å²) in [6.45, 7) is 4.67. The number of hydrogen-bond acceptors (Lipinski definition) is 6. The summed E-state index contributed by atoms with van der Waals surface area (Å²) in [4.78, 5) is 14.2. The predicted octanol–water partition coefficient (Wildman–Crippen LogP) is 3.39. The highest BCUT2D eigenvalue weighted by Crippen LogP contribution is 2.38. The Morgan fingerprint density at radius 3 is 2.50 bits per heavy atom. The van der Waals surface area contributed by atoms with E-state index in [0.29, 0.717) is 36.9 Å². The first-order valence-corrected chi connectivity index (χ1v) is 10.1. The molecular weight excluding hydrogens is 384 g/mol. The van der Waals surface area contributed by atoms with Crippen molar-refractivity contribution in [3.05, 3.63) is 53.6 Å². The molecule has 1 aliphatic rings. The second kappa shape index (κ2) is 10.7. The van der Waals surface area contributed by atoms with Gasteiger partial charge in [-0.05, 0) is 36.6 Å². The lowest BCUT2D eigenvalue weighted by atomic mass is 10.1. The maximum Gasteiger partial charge on any atom is 0.410 e. The van der Waals surface area contributed by atoms with Gasteiger partial charge in [0.15, 0.2) is 11.5 Å². The normalized spacial score (nSPS) is 16.1. The number of hydrogen-bond donors (Lipinski definition) is 1. The van der Waals surface area contributed by atoms with Crippen molar-refractivity contribution < 1.29 is 23.7 Å². The van der Waals surface area contributed by atoms with Crippen LogP contribution in [0, 0.1) is 6.92 Å². The molecule has 0 spiro atoms. The standard InChI is InChI=1S/C23H30N2O5/c1-17-13-20(27-2)22(21(14-17)28-3)29-12-9-19-15-25(11-10-24-19)23(26)30-16-18-7-5-4-6-8-18/h4-8,13-14,19,24H,9-12,15-16H2,1-3H3/t19-/m1/s1. The van der Waals surface area contributed by atoms with E-state index in [9.17, 15) is 4.79 Å². The Morgan fingerprint density at radius 1 is 1.13 bits per heavy atom. The van der Waals surface area contributed by atoms with Gasteiger partial charge in [0.05, 0.1) is 20.8 Å². The van der Waals surface area contributed by atoms with Gasteiger partial charge < -0.3 is 29.2 Å². The quantitative estimate of drug-likeness (QED) is 0.714. The average Bonchev–Trinajstić information content (AvgIpc) is 2.78. The molecule has 0 radical (unpaired) electrons. The van der Waals surface area contributed by atoms with Crippen molar-refractivity contribution in [3.8, 4) is 17.2 Å². The minimum atomic E-state index is -0.284. The zero-order chi connectivity index (χ0) is 21.3. The monoisotopic (exact) mass is 414 g/mol. The molecule has 7 nitrogen and oxygen atoms in total. The summed E-state index contributed by atoms with van der Waals surface area (Å²) >= 11 is 0. The minimum absolute atomic E-state index is 0.130. The van der Waals surface area contributed by atoms with Crippen molar-refractivity contribution in [1.82, 2.24) is 10.2 Å². The molecule has 0 saturated carbocycles. The largest absolute Gasteiger partial charge is 0.493 e. The van der Waals surface area contributed by atoms with Gasteiger partial charge in [-0.3, -0.25) is 0 Å². The Morgan fingerprint density at radius 2 is 1.83 bits per heavy atom. The average molecular weight is 415 g/mol. The SMILES string of the molecule is COc1cc(C)cc(OC)c1OCC[C@@H]1CN(C(=O)OCc2ccccc2)CCN1. The molecule has 1 saturated heterocycles. The molecule has 1 amide bonds. The molecule has 0 unspecified atom stereocenters. The number of benzene rings is 2. The van der Waals surface area contributed by atoms with E-state index in [1.165, 1.54) is 0 Å². The van der Waals surface area contributed by atoms with Crippen LogP contribution in [-0.4, -0.2) is 57.5 Å². The summed E-state index contributed by atoms with van der Waals surface area (Å²) in [7, 11) is 3.23. The number of carbonyl (C=O) groups is 1. The van der Waals surface area contributed by atoms with Crippen LogP contribution < -0.4 is 19.5 Å². The van der Waals surface area contributed by atoms with Gasteiger partial charge in [0, 0.05) is 25.7 Å². The van der Waals surface area contributed by atoms with Crippen molar-refractivity contribution >= 4 is 6.09 Å². The van der Waals surface area contributed by atoms with E-state index in [2.05, 4.69) is 5.32 Å². The third-order valence-corrected chi connectivity index (χ3v) is 5.04. The van der Waals surface area contributed by atoms with Crippen molar-refractivity contribution in [2.75, 3.05) is 40.5 Å². The second-order valence-electron chi connectivity index (χ2n) is 7.27. The molecule has 0 bridgehead atoms. The molecule has 3 rings (SSSR count). The number of ether oxygens (including phenoxy) is 4. The van der Waals surface area contributed by atoms with Gasteiger partial charge >= 0.3 is 6.09 Å². The summed E-state index contributed by atoms with van der Waals surface area (Å²) in [6, 6.07) is 13.7. The fourth-order valence-corrected chi connectivity index (χ4v) is 3.45. The molecule has 2 aromatic carbocycles. The molecule has 162 valence electrons. The Labute approximate surface area is 177 Å². The molecular formula is C23H30N2O5. The molecule has 0 aliphatic carbocycles. The lowest BCUT2D eigenvalue weighted by Gasteiger charge is -2.33. The predicted molar refractivity (Wildman–Crippen MR) is 114 cm³/mol. The summed E-state index contributed by atoms with van der Waals surface area (Å²) in [5, 5.41) is 3.44. The fraction of sp³-hybridized carbons (Fsp3) is 0.435. The Bertz CT molecular complexity index is 803. The summed E-state index contributed by atoms with van der Waals surface area (Å²) < 4.78 is 22.3. The zero-order valence-corrected chi connectivity index (χ0v) is 17.8. The number of rotatable bonds is 8. The Kier molecular flexibility index (Phi) is 7.79. The lowest BCUT2D eigenvalue weighted by molar-refractivity contribution is 0.0826. The number of nitrogens with one attached hydrogen (secondary N) is 1. The van der Waals surface area contributed by atoms with E-state index < -0.39 is 0 Å². The van der Waals surface area contributed by atoms with Crippen LogP contribution in [0.5, 0.6) is 17.2 Å². The molecule has 7 heteroatoms. The zero-order valence-electron chi connectivity index (χ0n) is 17.8. The first kappa shape index (κ1) is 21.8. The summed E-state index contributed by atoms with van der Waals surface area (Å²) in [5.74, 6) is 1.89. The number of carbonyl (C=O) groups excluding carboxylic acids is 1. The van der Waals surface area contributed by atoms with Gasteiger partial charge in [0.2, 0.25) is 5.75 Å². The molecule has 1 heterocycles. The van der Waals surface area contributed by atoms with Crippen LogP contribution in [0.3, 0.4) is 0 Å². The maximum atomic E-state index is 12.4. The van der Waals surface area contributed by atoms with Gasteiger partial charge in [-0.15, -0.1) is 0 Å². The highest BCUT2D eigenvalue weighted by atomic mass is 16.6. The number of piperazine rings is 1. The molecule has 1 fully saturated rings. The molecule has 1 aliphatic heterocycles. The van der Waals surface area contributed by atoms with Gasteiger partial charge in [-0.25, -0.2) is 4.79 Å². The van der Waals surface area contributed by atoms with Crippen LogP contribution in [0.2, 0.25) is 0 Å². The summed E-state index contributed by atoms with van der Waals surface area (Å²) in [5.41, 5.74) is 2.02. The van der Waals surface area contributed by atoms with Crippen molar-refractivity contribution in [2.45, 2.75) is 26.0 Å². The number of aryl methyl sites for hydroxylation is 1. The molecule has 30 heavy (non-hydrogen) atoms. The van der Waals surface area contributed by atoms with Crippen LogP contribution in [0.4, 0.5) is 4.79 Å². The fourth-order valence-electron chi connectivity index (χ4n) is 3.45. The molecule has 1 atom stereocenters. The van der Waals surface area contributed by atoms with E-state index in [1.807, 2.05) is 49.4 Å². The molecule has 2 aromatic rings. The first-order chi connectivity index (χ1) is 14.6. The van der Waals surface area contributed by atoms with Gasteiger partial charge in [-0.1, -0.05) is 30.3 Å². The van der Waals surface area contributed by atoms with Crippen LogP contribution in [0.1, 0.15) is 17.5 Å². The summed E-state index contributed by atoms with van der Waals surface area (Å²) in [6.07, 6.45) is 0.455. The second-order valence-corrected chi connectivity index (χ2v) is 7.27. The van der Waals surface area contributed by atoms with E-state index in [-0.39, 0.29) is 18.7 Å². The Balaban J connectivity index is 1.49. The van der Waals surface area contributed by atoms with E-state index in [0.717, 1.165) is 24.1 Å². The first-order valence-electron chi connectivity index (χ1n) is 10.1. The minimum Gasteiger partial charge on any atom is -0.493 e. The van der Waals surface area contributed by atoms with E-state index in [4.69, 9.17) is 18.9 Å². The highest BCUT2D eigenvalue weighted by molar-refractivity contribution is 5.67. The van der Waals surface area contributed by atoms with Crippen molar-refractivity contribution in [1.29, 1.82) is 0 Å². The van der Waals surface area contributed by atoms with Gasteiger partial charge in [0.1, 0.15) is 6.61 Å². The van der Waals surface area contributed by atoms with Gasteiger partial charge in [-0.2, -0.15) is 0 Å². The van der Waals surface area contributed by atoms with E-state index >= 15 is 0 Å². The van der Waals surface area contributed by atoms with Crippen molar-refractivity contribution in [3.63, 3.8) is 0 Å². The lowest BCUT2D eigenvalue weighted by Crippen LogP contribution is -2.53.